The Morgan fingerprint density at radius 2 is 1.86 bits per heavy atom. The molecule has 144 valence electrons. The zero-order valence-electron chi connectivity index (χ0n) is 16.0. The molecule has 0 atom stereocenters. The summed E-state index contributed by atoms with van der Waals surface area (Å²) in [6.07, 6.45) is 5.84. The Labute approximate surface area is 164 Å². The lowest BCUT2D eigenvalue weighted by molar-refractivity contribution is 0.256. The molecule has 0 radical (unpaired) electrons. The predicted molar refractivity (Wildman–Crippen MR) is 113 cm³/mol. The van der Waals surface area contributed by atoms with E-state index in [9.17, 15) is 4.79 Å². The Kier molecular flexibility index (Phi) is 4.53. The molecule has 1 aliphatic carbocycles. The minimum atomic E-state index is -0.385. The molecule has 1 aliphatic heterocycles. The topological polar surface area (TPSA) is 52.5 Å². The summed E-state index contributed by atoms with van der Waals surface area (Å²) in [5, 5.41) is 0. The zero-order chi connectivity index (χ0) is 18.9. The molecule has 5 heteroatoms. The summed E-state index contributed by atoms with van der Waals surface area (Å²) in [5.74, 6) is -0.385. The number of anilines is 1. The number of hydrogen-bond donors (Lipinski definition) is 1. The SMILES string of the molecule is O=c1[nH]c2cccc(N3CCN(CCCC4=CCc5ccccc54)CC3)c2o1. The van der Waals surface area contributed by atoms with Gasteiger partial charge in [-0.25, -0.2) is 4.79 Å². The molecular weight excluding hydrogens is 350 g/mol. The first kappa shape index (κ1) is 17.3. The van der Waals surface area contributed by atoms with Gasteiger partial charge in [-0.3, -0.25) is 9.88 Å². The predicted octanol–water partition coefficient (Wildman–Crippen LogP) is 3.66. The van der Waals surface area contributed by atoms with Crippen molar-refractivity contribution in [2.75, 3.05) is 37.6 Å². The number of rotatable bonds is 5. The van der Waals surface area contributed by atoms with E-state index < -0.39 is 0 Å². The van der Waals surface area contributed by atoms with Crippen LogP contribution in [0.1, 0.15) is 24.0 Å². The van der Waals surface area contributed by atoms with Gasteiger partial charge in [0.1, 0.15) is 0 Å². The number of benzene rings is 2. The molecular formula is C23H25N3O2. The number of H-pyrrole nitrogens is 1. The standard InChI is InChI=1S/C23H25N3O2/c27-23-24-20-8-3-9-21(22(20)28-23)26-15-13-25(14-16-26)12-4-6-18-11-10-17-5-1-2-7-19(17)18/h1-3,5,7-9,11H,4,6,10,12-16H2,(H,24,27). The van der Waals surface area contributed by atoms with Gasteiger partial charge >= 0.3 is 5.76 Å². The summed E-state index contributed by atoms with van der Waals surface area (Å²) >= 11 is 0. The number of para-hydroxylation sites is 1. The van der Waals surface area contributed by atoms with Gasteiger partial charge in [-0.05, 0) is 54.6 Å². The lowest BCUT2D eigenvalue weighted by atomic mass is 10.0. The lowest BCUT2D eigenvalue weighted by Gasteiger charge is -2.36. The molecule has 1 N–H and O–H groups in total. The zero-order valence-corrected chi connectivity index (χ0v) is 16.0. The molecule has 0 bridgehead atoms. The molecule has 1 aromatic heterocycles. The maximum atomic E-state index is 11.5. The smallest absolute Gasteiger partial charge is 0.406 e. The summed E-state index contributed by atoms with van der Waals surface area (Å²) in [7, 11) is 0. The van der Waals surface area contributed by atoms with Crippen LogP contribution in [0.4, 0.5) is 5.69 Å². The maximum absolute atomic E-state index is 11.5. The summed E-state index contributed by atoms with van der Waals surface area (Å²) in [5.41, 5.74) is 6.90. The summed E-state index contributed by atoms with van der Waals surface area (Å²) in [4.78, 5) is 19.1. The van der Waals surface area contributed by atoms with Gasteiger partial charge in [-0.2, -0.15) is 0 Å². The third-order valence-electron chi connectivity index (χ3n) is 5.99. The number of piperazine rings is 1. The van der Waals surface area contributed by atoms with Gasteiger partial charge in [0.25, 0.3) is 0 Å². The van der Waals surface area contributed by atoms with E-state index in [0.717, 1.165) is 56.8 Å². The summed E-state index contributed by atoms with van der Waals surface area (Å²) in [6, 6.07) is 14.7. The highest BCUT2D eigenvalue weighted by Crippen LogP contribution is 2.30. The van der Waals surface area contributed by atoms with Crippen LogP contribution in [-0.4, -0.2) is 42.6 Å². The molecule has 5 rings (SSSR count). The number of aromatic nitrogens is 1. The van der Waals surface area contributed by atoms with Crippen LogP contribution in [0.3, 0.4) is 0 Å². The van der Waals surface area contributed by atoms with Crippen molar-refractivity contribution in [3.8, 4) is 0 Å². The molecule has 2 aliphatic rings. The highest BCUT2D eigenvalue weighted by Gasteiger charge is 2.20. The first-order valence-corrected chi connectivity index (χ1v) is 10.1. The number of nitrogens with zero attached hydrogens (tertiary/aromatic N) is 2. The number of allylic oxidation sites excluding steroid dienone is 2. The van der Waals surface area contributed by atoms with E-state index in [1.165, 1.54) is 23.1 Å². The van der Waals surface area contributed by atoms with E-state index in [2.05, 4.69) is 45.1 Å². The quantitative estimate of drug-likeness (QED) is 0.739. The number of hydrogen-bond acceptors (Lipinski definition) is 4. The van der Waals surface area contributed by atoms with Crippen molar-refractivity contribution in [1.29, 1.82) is 0 Å². The summed E-state index contributed by atoms with van der Waals surface area (Å²) in [6.45, 7) is 5.14. The number of fused-ring (bicyclic) bond motifs is 2. The monoisotopic (exact) mass is 375 g/mol. The Morgan fingerprint density at radius 1 is 1.00 bits per heavy atom. The Hall–Kier alpha value is -2.79. The first-order chi connectivity index (χ1) is 13.8. The van der Waals surface area contributed by atoms with Gasteiger partial charge in [0.2, 0.25) is 0 Å². The molecule has 0 amide bonds. The van der Waals surface area contributed by atoms with Crippen LogP contribution >= 0.6 is 0 Å². The fraction of sp³-hybridized carbons (Fsp3) is 0.348. The third-order valence-corrected chi connectivity index (χ3v) is 5.99. The van der Waals surface area contributed by atoms with E-state index in [1.54, 1.807) is 0 Å². The van der Waals surface area contributed by atoms with Crippen molar-refractivity contribution in [3.05, 3.63) is 70.2 Å². The Morgan fingerprint density at radius 3 is 2.75 bits per heavy atom. The van der Waals surface area contributed by atoms with Gasteiger partial charge in [0.15, 0.2) is 5.58 Å². The second-order valence-electron chi connectivity index (χ2n) is 7.69. The van der Waals surface area contributed by atoms with E-state index in [0.29, 0.717) is 5.58 Å². The average molecular weight is 375 g/mol. The second kappa shape index (κ2) is 7.32. The highest BCUT2D eigenvalue weighted by molar-refractivity contribution is 5.86. The summed E-state index contributed by atoms with van der Waals surface area (Å²) < 4.78 is 5.36. The van der Waals surface area contributed by atoms with Crippen molar-refractivity contribution in [2.45, 2.75) is 19.3 Å². The normalized spacial score (nSPS) is 17.1. The fourth-order valence-electron chi connectivity index (χ4n) is 4.50. The number of nitrogens with one attached hydrogen (secondary N) is 1. The van der Waals surface area contributed by atoms with Gasteiger partial charge in [0, 0.05) is 26.2 Å². The molecule has 2 heterocycles. The van der Waals surface area contributed by atoms with Crippen molar-refractivity contribution >= 4 is 22.4 Å². The van der Waals surface area contributed by atoms with E-state index in [4.69, 9.17) is 4.42 Å². The Balaban J connectivity index is 1.15. The molecule has 5 nitrogen and oxygen atoms in total. The fourth-order valence-corrected chi connectivity index (χ4v) is 4.50. The van der Waals surface area contributed by atoms with E-state index in [-0.39, 0.29) is 5.76 Å². The van der Waals surface area contributed by atoms with E-state index >= 15 is 0 Å². The van der Waals surface area contributed by atoms with Crippen LogP contribution in [0.2, 0.25) is 0 Å². The van der Waals surface area contributed by atoms with Crippen molar-refractivity contribution in [2.24, 2.45) is 0 Å². The van der Waals surface area contributed by atoms with Crippen LogP contribution in [0.15, 0.2) is 57.8 Å². The minimum absolute atomic E-state index is 0.385. The van der Waals surface area contributed by atoms with Crippen LogP contribution < -0.4 is 10.7 Å². The van der Waals surface area contributed by atoms with Crippen molar-refractivity contribution in [3.63, 3.8) is 0 Å². The third kappa shape index (κ3) is 3.27. The molecule has 1 saturated heterocycles. The number of oxazole rings is 1. The molecule has 2 aromatic carbocycles. The number of aromatic amines is 1. The molecule has 3 aromatic rings. The molecule has 0 saturated carbocycles. The lowest BCUT2D eigenvalue weighted by Crippen LogP contribution is -2.46. The molecule has 1 fully saturated rings. The van der Waals surface area contributed by atoms with Crippen molar-refractivity contribution < 1.29 is 4.42 Å². The van der Waals surface area contributed by atoms with Crippen LogP contribution in [0.5, 0.6) is 0 Å². The van der Waals surface area contributed by atoms with Crippen LogP contribution in [0, 0.1) is 0 Å². The van der Waals surface area contributed by atoms with Gasteiger partial charge in [-0.15, -0.1) is 0 Å². The molecule has 0 spiro atoms. The van der Waals surface area contributed by atoms with Crippen LogP contribution in [0.25, 0.3) is 16.7 Å². The van der Waals surface area contributed by atoms with Gasteiger partial charge in [0.05, 0.1) is 11.2 Å². The van der Waals surface area contributed by atoms with Gasteiger partial charge < -0.3 is 9.32 Å². The van der Waals surface area contributed by atoms with E-state index in [1.807, 2.05) is 18.2 Å². The molecule has 0 unspecified atom stereocenters. The second-order valence-corrected chi connectivity index (χ2v) is 7.69. The minimum Gasteiger partial charge on any atom is -0.406 e. The molecule has 28 heavy (non-hydrogen) atoms. The largest absolute Gasteiger partial charge is 0.417 e. The van der Waals surface area contributed by atoms with Crippen LogP contribution in [-0.2, 0) is 6.42 Å². The Bertz CT molecular complexity index is 1070. The highest BCUT2D eigenvalue weighted by atomic mass is 16.4. The average Bonchev–Trinajstić information content (AvgIpc) is 3.31. The first-order valence-electron chi connectivity index (χ1n) is 10.1. The van der Waals surface area contributed by atoms with Crippen molar-refractivity contribution in [1.82, 2.24) is 9.88 Å². The van der Waals surface area contributed by atoms with Gasteiger partial charge in [-0.1, -0.05) is 36.4 Å². The maximum Gasteiger partial charge on any atom is 0.417 e.